The Bertz CT molecular complexity index is 660. The van der Waals surface area contributed by atoms with Gasteiger partial charge in [-0.15, -0.1) is 11.8 Å². The predicted octanol–water partition coefficient (Wildman–Crippen LogP) is 4.85. The van der Waals surface area contributed by atoms with Gasteiger partial charge in [-0.1, -0.05) is 32.7 Å². The van der Waals surface area contributed by atoms with Crippen LogP contribution in [0.4, 0.5) is 0 Å². The lowest BCUT2D eigenvalue weighted by Crippen LogP contribution is -2.12. The van der Waals surface area contributed by atoms with Gasteiger partial charge in [0.1, 0.15) is 5.76 Å². The van der Waals surface area contributed by atoms with E-state index in [4.69, 9.17) is 20.9 Å². The van der Waals surface area contributed by atoms with Crippen LogP contribution < -0.4 is 4.74 Å². The Balaban J connectivity index is 1.91. The Morgan fingerprint density at radius 1 is 1.41 bits per heavy atom. The highest BCUT2D eigenvalue weighted by atomic mass is 79.9. The van der Waals surface area contributed by atoms with Crippen molar-refractivity contribution in [3.63, 3.8) is 0 Å². The molecule has 2 aromatic rings. The predicted molar refractivity (Wildman–Crippen MR) is 91.7 cm³/mol. The average molecular weight is 405 g/mol. The van der Waals surface area contributed by atoms with Crippen molar-refractivity contribution in [1.29, 1.82) is 0 Å². The molecule has 0 saturated carbocycles. The van der Waals surface area contributed by atoms with Crippen LogP contribution in [0.15, 0.2) is 21.1 Å². The first-order chi connectivity index (χ1) is 10.4. The molecule has 2 rings (SSSR count). The van der Waals surface area contributed by atoms with Crippen LogP contribution in [0.25, 0.3) is 0 Å². The summed E-state index contributed by atoms with van der Waals surface area (Å²) in [5.41, 5.74) is 2.68. The van der Waals surface area contributed by atoms with E-state index in [0.717, 1.165) is 27.1 Å². The zero-order chi connectivity index (χ0) is 16.3. The number of ether oxygens (including phenoxy) is 1. The zero-order valence-corrected chi connectivity index (χ0v) is 15.6. The van der Waals surface area contributed by atoms with Crippen molar-refractivity contribution in [2.24, 2.45) is 0 Å². The molecule has 0 unspecified atom stereocenters. The fourth-order valence-electron chi connectivity index (χ4n) is 1.91. The maximum atomic E-state index is 11.9. The highest BCUT2D eigenvalue weighted by molar-refractivity contribution is 9.10. The lowest BCUT2D eigenvalue weighted by atomic mass is 10.2. The highest BCUT2D eigenvalue weighted by Gasteiger charge is 2.14. The first kappa shape index (κ1) is 17.4. The summed E-state index contributed by atoms with van der Waals surface area (Å²) in [5, 5.41) is 4.30. The van der Waals surface area contributed by atoms with Gasteiger partial charge in [-0.2, -0.15) is 0 Å². The molecule has 0 bridgehead atoms. The largest absolute Gasteiger partial charge is 0.424 e. The van der Waals surface area contributed by atoms with Gasteiger partial charge < -0.3 is 9.26 Å². The van der Waals surface area contributed by atoms with Crippen molar-refractivity contribution in [2.75, 3.05) is 5.75 Å². The molecule has 1 heterocycles. The Morgan fingerprint density at radius 2 is 2.14 bits per heavy atom. The van der Waals surface area contributed by atoms with Crippen molar-refractivity contribution in [3.8, 4) is 5.75 Å². The zero-order valence-electron chi connectivity index (χ0n) is 12.4. The van der Waals surface area contributed by atoms with E-state index in [1.165, 1.54) is 11.8 Å². The molecule has 22 heavy (non-hydrogen) atoms. The normalized spacial score (nSPS) is 10.8. The van der Waals surface area contributed by atoms with Crippen LogP contribution in [-0.2, 0) is 10.5 Å². The maximum Gasteiger partial charge on any atom is 0.321 e. The van der Waals surface area contributed by atoms with Crippen LogP contribution in [0, 0.1) is 20.8 Å². The molecule has 0 fully saturated rings. The van der Waals surface area contributed by atoms with Crippen LogP contribution in [0.3, 0.4) is 0 Å². The lowest BCUT2D eigenvalue weighted by molar-refractivity contribution is -0.131. The van der Waals surface area contributed by atoms with Gasteiger partial charge in [0.25, 0.3) is 0 Å². The first-order valence-corrected chi connectivity index (χ1v) is 8.87. The molecule has 0 spiro atoms. The fraction of sp³-hybridized carbons (Fsp3) is 0.333. The van der Waals surface area contributed by atoms with Gasteiger partial charge in [-0.05, 0) is 38.5 Å². The van der Waals surface area contributed by atoms with Crippen molar-refractivity contribution < 1.29 is 14.1 Å². The van der Waals surface area contributed by atoms with E-state index in [-0.39, 0.29) is 11.7 Å². The SMILES string of the molecule is Cc1cc(Br)cc(Cl)c1OC(=O)CSCc1c(C)noc1C. The van der Waals surface area contributed by atoms with Crippen LogP contribution >= 0.6 is 39.3 Å². The van der Waals surface area contributed by atoms with Crippen molar-refractivity contribution in [1.82, 2.24) is 5.16 Å². The van der Waals surface area contributed by atoms with Gasteiger partial charge in [0, 0.05) is 15.8 Å². The van der Waals surface area contributed by atoms with Gasteiger partial charge in [-0.3, -0.25) is 4.79 Å². The monoisotopic (exact) mass is 403 g/mol. The molecule has 0 amide bonds. The Morgan fingerprint density at radius 3 is 2.73 bits per heavy atom. The third kappa shape index (κ3) is 4.27. The summed E-state index contributed by atoms with van der Waals surface area (Å²) in [6, 6.07) is 3.56. The Kier molecular flexibility index (Phi) is 5.94. The van der Waals surface area contributed by atoms with Crippen LogP contribution in [-0.4, -0.2) is 16.9 Å². The third-order valence-electron chi connectivity index (χ3n) is 3.06. The molecule has 0 aliphatic rings. The summed E-state index contributed by atoms with van der Waals surface area (Å²) in [4.78, 5) is 11.9. The van der Waals surface area contributed by atoms with E-state index in [0.29, 0.717) is 16.5 Å². The summed E-state index contributed by atoms with van der Waals surface area (Å²) in [5.74, 6) is 1.75. The molecule has 0 atom stereocenters. The third-order valence-corrected chi connectivity index (χ3v) is 4.73. The molecule has 1 aromatic heterocycles. The number of benzene rings is 1. The number of nitrogens with zero attached hydrogens (tertiary/aromatic N) is 1. The van der Waals surface area contributed by atoms with Crippen LogP contribution in [0.5, 0.6) is 5.75 Å². The first-order valence-electron chi connectivity index (χ1n) is 6.54. The maximum absolute atomic E-state index is 11.9. The molecular weight excluding hydrogens is 390 g/mol. The van der Waals surface area contributed by atoms with E-state index < -0.39 is 0 Å². The van der Waals surface area contributed by atoms with Gasteiger partial charge in [0.05, 0.1) is 16.5 Å². The summed E-state index contributed by atoms with van der Waals surface area (Å²) in [7, 11) is 0. The number of carbonyl (C=O) groups excluding carboxylic acids is 1. The second-order valence-electron chi connectivity index (χ2n) is 4.80. The smallest absolute Gasteiger partial charge is 0.321 e. The van der Waals surface area contributed by atoms with Crippen molar-refractivity contribution in [3.05, 3.63) is 44.2 Å². The highest BCUT2D eigenvalue weighted by Crippen LogP contribution is 2.32. The van der Waals surface area contributed by atoms with Crippen LogP contribution in [0.1, 0.15) is 22.6 Å². The summed E-state index contributed by atoms with van der Waals surface area (Å²) in [6.07, 6.45) is 0. The number of halogens is 2. The molecule has 0 radical (unpaired) electrons. The molecular formula is C15H15BrClNO3S. The van der Waals surface area contributed by atoms with Crippen LogP contribution in [0.2, 0.25) is 5.02 Å². The number of aromatic nitrogens is 1. The molecule has 0 N–H and O–H groups in total. The van der Waals surface area contributed by atoms with Crippen molar-refractivity contribution in [2.45, 2.75) is 26.5 Å². The number of thioether (sulfide) groups is 1. The molecule has 0 aliphatic carbocycles. The standard InChI is InChI=1S/C15H15BrClNO3S/c1-8-4-11(16)5-13(17)15(8)20-14(19)7-22-6-12-9(2)18-21-10(12)3/h4-5H,6-7H2,1-3H3. The molecule has 4 nitrogen and oxygen atoms in total. The number of esters is 1. The molecule has 118 valence electrons. The topological polar surface area (TPSA) is 52.3 Å². The summed E-state index contributed by atoms with van der Waals surface area (Å²) in [6.45, 7) is 5.59. The lowest BCUT2D eigenvalue weighted by Gasteiger charge is -2.09. The van der Waals surface area contributed by atoms with E-state index in [1.54, 1.807) is 6.07 Å². The molecule has 0 aliphatic heterocycles. The summed E-state index contributed by atoms with van der Waals surface area (Å²) >= 11 is 10.9. The number of hydrogen-bond donors (Lipinski definition) is 0. The van der Waals surface area contributed by atoms with Crippen molar-refractivity contribution >= 4 is 45.3 Å². The number of hydrogen-bond acceptors (Lipinski definition) is 5. The van der Waals surface area contributed by atoms with E-state index >= 15 is 0 Å². The van der Waals surface area contributed by atoms with Gasteiger partial charge in [0.15, 0.2) is 5.75 Å². The van der Waals surface area contributed by atoms with Gasteiger partial charge in [0.2, 0.25) is 0 Å². The second kappa shape index (κ2) is 7.53. The van der Waals surface area contributed by atoms with E-state index in [9.17, 15) is 4.79 Å². The molecule has 7 heteroatoms. The second-order valence-corrected chi connectivity index (χ2v) is 7.11. The molecule has 1 aromatic carbocycles. The minimum atomic E-state index is -0.330. The van der Waals surface area contributed by atoms with Gasteiger partial charge >= 0.3 is 5.97 Å². The summed E-state index contributed by atoms with van der Waals surface area (Å²) < 4.78 is 11.3. The number of aryl methyl sites for hydroxylation is 3. The minimum absolute atomic E-state index is 0.232. The average Bonchev–Trinajstić information content (AvgIpc) is 2.74. The number of carbonyl (C=O) groups is 1. The fourth-order valence-corrected chi connectivity index (χ4v) is 3.86. The van der Waals surface area contributed by atoms with E-state index in [1.807, 2.05) is 26.8 Å². The Hall–Kier alpha value is -0.980. The Labute approximate surface area is 146 Å². The van der Waals surface area contributed by atoms with Gasteiger partial charge in [-0.25, -0.2) is 0 Å². The quantitative estimate of drug-likeness (QED) is 0.526. The number of rotatable bonds is 5. The molecule has 0 saturated heterocycles. The van der Waals surface area contributed by atoms with E-state index in [2.05, 4.69) is 21.1 Å². The minimum Gasteiger partial charge on any atom is -0.424 e.